The van der Waals surface area contributed by atoms with Crippen molar-refractivity contribution in [1.29, 1.82) is 0 Å². The number of likely N-dealkylation sites (N-methyl/N-ethyl adjacent to an activating group) is 1. The van der Waals surface area contributed by atoms with Crippen molar-refractivity contribution in [2.45, 2.75) is 24.3 Å². The van der Waals surface area contributed by atoms with Crippen molar-refractivity contribution in [2.24, 2.45) is 0 Å². The van der Waals surface area contributed by atoms with Gasteiger partial charge in [0.2, 0.25) is 15.9 Å². The monoisotopic (exact) mass is 598 g/mol. The highest BCUT2D eigenvalue weighted by Crippen LogP contribution is 2.33. The summed E-state index contributed by atoms with van der Waals surface area (Å²) in [4.78, 5) is 15.0. The van der Waals surface area contributed by atoms with Gasteiger partial charge in [-0.1, -0.05) is 57.3 Å². The Morgan fingerprint density at radius 3 is 2.23 bits per heavy atom. The smallest absolute Gasteiger partial charge is 0.242 e. The first-order valence-corrected chi connectivity index (χ1v) is 13.6. The van der Waals surface area contributed by atoms with Gasteiger partial charge in [0.15, 0.2) is 0 Å². The Kier molecular flexibility index (Phi) is 8.88. The predicted octanol–water partition coefficient (Wildman–Crippen LogP) is 6.56. The van der Waals surface area contributed by atoms with Crippen molar-refractivity contribution < 1.29 is 17.9 Å². The van der Waals surface area contributed by atoms with Crippen LogP contribution in [0.3, 0.4) is 0 Å². The SMILES string of the molecule is CC(C(=O)N(C)Cc1ccc(Br)cc1Oc1ccc(Cl)c(Cl)c1)c1ccc(S(=O)(=O)N(C)C)cc1. The van der Waals surface area contributed by atoms with Gasteiger partial charge in [0, 0.05) is 43.8 Å². The zero-order chi connectivity index (χ0) is 25.9. The first-order chi connectivity index (χ1) is 16.4. The molecule has 0 saturated carbocycles. The van der Waals surface area contributed by atoms with Gasteiger partial charge in [-0.25, -0.2) is 12.7 Å². The van der Waals surface area contributed by atoms with E-state index in [4.69, 9.17) is 27.9 Å². The van der Waals surface area contributed by atoms with Crippen LogP contribution < -0.4 is 4.74 Å². The zero-order valence-electron chi connectivity index (χ0n) is 19.6. The van der Waals surface area contributed by atoms with E-state index in [1.807, 2.05) is 18.2 Å². The molecule has 0 aromatic heterocycles. The standard InChI is InChI=1S/C25H25BrCl2N2O4S/c1-16(17-6-10-21(11-7-17)35(32,33)29(2)3)25(31)30(4)15-18-5-8-19(26)13-24(18)34-20-9-12-22(27)23(28)14-20/h5-14,16H,15H2,1-4H3. The fourth-order valence-electron chi connectivity index (χ4n) is 3.37. The molecule has 0 bridgehead atoms. The molecule has 1 unspecified atom stereocenters. The van der Waals surface area contributed by atoms with Gasteiger partial charge in [0.25, 0.3) is 0 Å². The molecule has 0 heterocycles. The van der Waals surface area contributed by atoms with E-state index in [-0.39, 0.29) is 10.8 Å². The molecule has 3 rings (SSSR count). The molecule has 0 aliphatic carbocycles. The molecule has 1 atom stereocenters. The third-order valence-electron chi connectivity index (χ3n) is 5.46. The van der Waals surface area contributed by atoms with Crippen molar-refractivity contribution in [1.82, 2.24) is 9.21 Å². The van der Waals surface area contributed by atoms with Crippen molar-refractivity contribution in [3.8, 4) is 11.5 Å². The Balaban J connectivity index is 1.77. The van der Waals surface area contributed by atoms with Crippen LogP contribution in [0.2, 0.25) is 10.0 Å². The summed E-state index contributed by atoms with van der Waals surface area (Å²) >= 11 is 15.6. The van der Waals surface area contributed by atoms with E-state index in [9.17, 15) is 13.2 Å². The highest BCUT2D eigenvalue weighted by molar-refractivity contribution is 9.10. The van der Waals surface area contributed by atoms with Gasteiger partial charge in [-0.3, -0.25) is 4.79 Å². The minimum Gasteiger partial charge on any atom is -0.457 e. The van der Waals surface area contributed by atoms with E-state index in [0.29, 0.717) is 28.1 Å². The van der Waals surface area contributed by atoms with Gasteiger partial charge in [0.1, 0.15) is 11.5 Å². The number of carbonyl (C=O) groups is 1. The topological polar surface area (TPSA) is 66.9 Å². The molecule has 0 N–H and O–H groups in total. The van der Waals surface area contributed by atoms with Crippen LogP contribution in [-0.2, 0) is 21.4 Å². The molecule has 0 saturated heterocycles. The third-order valence-corrected chi connectivity index (χ3v) is 8.52. The van der Waals surface area contributed by atoms with E-state index in [0.717, 1.165) is 19.9 Å². The van der Waals surface area contributed by atoms with Gasteiger partial charge in [-0.2, -0.15) is 0 Å². The highest BCUT2D eigenvalue weighted by atomic mass is 79.9. The number of benzene rings is 3. The third kappa shape index (κ3) is 6.57. The molecule has 0 fully saturated rings. The number of carbonyl (C=O) groups excluding carboxylic acids is 1. The average molecular weight is 600 g/mol. The molecule has 3 aromatic rings. The molecular weight excluding hydrogens is 575 g/mol. The van der Waals surface area contributed by atoms with Crippen LogP contribution in [0.25, 0.3) is 0 Å². The maximum Gasteiger partial charge on any atom is 0.242 e. The van der Waals surface area contributed by atoms with Crippen LogP contribution in [0.5, 0.6) is 11.5 Å². The summed E-state index contributed by atoms with van der Waals surface area (Å²) < 4.78 is 32.6. The minimum absolute atomic E-state index is 0.114. The van der Waals surface area contributed by atoms with Crippen molar-refractivity contribution in [3.63, 3.8) is 0 Å². The maximum atomic E-state index is 13.2. The summed E-state index contributed by atoms with van der Waals surface area (Å²) in [5.41, 5.74) is 1.53. The molecular formula is C25H25BrCl2N2O4S. The molecule has 0 radical (unpaired) electrons. The molecule has 6 nitrogen and oxygen atoms in total. The highest BCUT2D eigenvalue weighted by Gasteiger charge is 2.22. The second-order valence-corrected chi connectivity index (χ2v) is 12.1. The van der Waals surface area contributed by atoms with Gasteiger partial charge in [0.05, 0.1) is 20.9 Å². The van der Waals surface area contributed by atoms with Crippen LogP contribution in [0.15, 0.2) is 70.0 Å². The summed E-state index contributed by atoms with van der Waals surface area (Å²) in [5, 5.41) is 0.811. The summed E-state index contributed by atoms with van der Waals surface area (Å²) in [6, 6.07) is 17.0. The van der Waals surface area contributed by atoms with Gasteiger partial charge in [-0.05, 0) is 48.9 Å². The second-order valence-electron chi connectivity index (χ2n) is 8.20. The number of halogens is 3. The maximum absolute atomic E-state index is 13.2. The molecule has 0 aliphatic heterocycles. The number of sulfonamides is 1. The predicted molar refractivity (Wildman–Crippen MR) is 143 cm³/mol. The minimum atomic E-state index is -3.53. The number of hydrogen-bond donors (Lipinski definition) is 0. The Morgan fingerprint density at radius 1 is 0.971 bits per heavy atom. The van der Waals surface area contributed by atoms with Gasteiger partial charge >= 0.3 is 0 Å². The molecule has 35 heavy (non-hydrogen) atoms. The average Bonchev–Trinajstić information content (AvgIpc) is 2.82. The van der Waals surface area contributed by atoms with Gasteiger partial charge in [-0.15, -0.1) is 0 Å². The van der Waals surface area contributed by atoms with E-state index in [2.05, 4.69) is 15.9 Å². The lowest BCUT2D eigenvalue weighted by atomic mass is 9.99. The van der Waals surface area contributed by atoms with Crippen molar-refractivity contribution in [3.05, 3.63) is 86.3 Å². The number of rotatable bonds is 8. The quantitative estimate of drug-likeness (QED) is 0.294. The summed E-state index contributed by atoms with van der Waals surface area (Å²) in [6.45, 7) is 2.10. The molecule has 0 spiro atoms. The van der Waals surface area contributed by atoms with Gasteiger partial charge < -0.3 is 9.64 Å². The van der Waals surface area contributed by atoms with Crippen molar-refractivity contribution >= 4 is 55.1 Å². The largest absolute Gasteiger partial charge is 0.457 e. The molecule has 186 valence electrons. The number of amides is 1. The van der Waals surface area contributed by atoms with E-state index in [1.54, 1.807) is 49.2 Å². The van der Waals surface area contributed by atoms with Crippen LogP contribution in [0.4, 0.5) is 0 Å². The van der Waals surface area contributed by atoms with E-state index in [1.165, 1.54) is 26.2 Å². The summed E-state index contributed by atoms with van der Waals surface area (Å²) in [5.74, 6) is 0.514. The van der Waals surface area contributed by atoms with Crippen LogP contribution in [0, 0.1) is 0 Å². The second kappa shape index (κ2) is 11.3. The molecule has 10 heteroatoms. The lowest BCUT2D eigenvalue weighted by Crippen LogP contribution is -2.30. The van der Waals surface area contributed by atoms with Crippen LogP contribution >= 0.6 is 39.1 Å². The lowest BCUT2D eigenvalue weighted by molar-refractivity contribution is -0.131. The lowest BCUT2D eigenvalue weighted by Gasteiger charge is -2.23. The zero-order valence-corrected chi connectivity index (χ0v) is 23.5. The first-order valence-electron chi connectivity index (χ1n) is 10.6. The summed E-state index contributed by atoms with van der Waals surface area (Å²) in [7, 11) is 1.14. The van der Waals surface area contributed by atoms with Crippen LogP contribution in [-0.4, -0.2) is 44.7 Å². The Labute approximate surface area is 224 Å². The Bertz CT molecular complexity index is 1330. The molecule has 3 aromatic carbocycles. The van der Waals surface area contributed by atoms with E-state index >= 15 is 0 Å². The Morgan fingerprint density at radius 2 is 1.63 bits per heavy atom. The fourth-order valence-corrected chi connectivity index (χ4v) is 4.90. The molecule has 1 amide bonds. The number of nitrogens with zero attached hydrogens (tertiary/aromatic N) is 2. The fraction of sp³-hybridized carbons (Fsp3) is 0.240. The van der Waals surface area contributed by atoms with E-state index < -0.39 is 15.9 Å². The Hall–Kier alpha value is -2.10. The first kappa shape index (κ1) is 27.5. The number of hydrogen-bond acceptors (Lipinski definition) is 4. The van der Waals surface area contributed by atoms with Crippen LogP contribution in [0.1, 0.15) is 24.0 Å². The number of ether oxygens (including phenoxy) is 1. The summed E-state index contributed by atoms with van der Waals surface area (Å²) in [6.07, 6.45) is 0. The van der Waals surface area contributed by atoms with Crippen molar-refractivity contribution in [2.75, 3.05) is 21.1 Å². The normalized spacial score (nSPS) is 12.5. The molecule has 0 aliphatic rings.